The van der Waals surface area contributed by atoms with Crippen molar-refractivity contribution in [3.05, 3.63) is 11.8 Å². The Kier molecular flexibility index (Phi) is 5.28. The largest absolute Gasteiger partial charge is 0.462 e. The Hall–Kier alpha value is -0.990. The van der Waals surface area contributed by atoms with Gasteiger partial charge in [-0.1, -0.05) is 6.92 Å². The summed E-state index contributed by atoms with van der Waals surface area (Å²) in [5.41, 5.74) is 0.583. The van der Waals surface area contributed by atoms with Crippen LogP contribution in [0.2, 0.25) is 0 Å². The minimum Gasteiger partial charge on any atom is -0.462 e. The zero-order chi connectivity index (χ0) is 11.2. The van der Waals surface area contributed by atoms with Gasteiger partial charge in [-0.05, 0) is 34.1 Å². The molecule has 0 heterocycles. The van der Waals surface area contributed by atoms with E-state index in [2.05, 4.69) is 5.32 Å². The maximum atomic E-state index is 11.3. The van der Waals surface area contributed by atoms with E-state index in [1.807, 2.05) is 27.7 Å². The fraction of sp³-hybridized carbons (Fsp3) is 0.727. The predicted molar refractivity (Wildman–Crippen MR) is 57.9 cm³/mol. The van der Waals surface area contributed by atoms with E-state index in [4.69, 9.17) is 4.74 Å². The predicted octanol–water partition coefficient (Wildman–Crippen LogP) is 2.23. The summed E-state index contributed by atoms with van der Waals surface area (Å²) in [7, 11) is 0. The Morgan fingerprint density at radius 2 is 2.00 bits per heavy atom. The van der Waals surface area contributed by atoms with Crippen molar-refractivity contribution in [2.75, 3.05) is 6.61 Å². The molecule has 0 saturated carbocycles. The molecule has 82 valence electrons. The molecule has 14 heavy (non-hydrogen) atoms. The molecule has 0 amide bonds. The van der Waals surface area contributed by atoms with Crippen LogP contribution in [0.3, 0.4) is 0 Å². The molecule has 1 N–H and O–H groups in total. The first-order chi connectivity index (χ1) is 6.37. The van der Waals surface area contributed by atoms with E-state index in [1.54, 1.807) is 13.1 Å². The van der Waals surface area contributed by atoms with Crippen LogP contribution < -0.4 is 5.32 Å². The van der Waals surface area contributed by atoms with Gasteiger partial charge < -0.3 is 10.1 Å². The lowest BCUT2D eigenvalue weighted by molar-refractivity contribution is -0.139. The molecule has 0 rings (SSSR count). The fourth-order valence-corrected chi connectivity index (χ4v) is 0.692. The first-order valence-corrected chi connectivity index (χ1v) is 4.98. The van der Waals surface area contributed by atoms with Gasteiger partial charge in [0.2, 0.25) is 0 Å². The van der Waals surface area contributed by atoms with E-state index in [1.165, 1.54) is 0 Å². The maximum absolute atomic E-state index is 11.3. The minimum absolute atomic E-state index is 0.0215. The second kappa shape index (κ2) is 5.68. The highest BCUT2D eigenvalue weighted by Crippen LogP contribution is 2.01. The van der Waals surface area contributed by atoms with E-state index in [-0.39, 0.29) is 11.5 Å². The molecule has 3 nitrogen and oxygen atoms in total. The topological polar surface area (TPSA) is 38.3 Å². The standard InChI is InChI=1S/C11H21NO2/c1-6-7-14-10(13)9(2)8-12-11(3,4)5/h8,12H,6-7H2,1-5H3. The van der Waals surface area contributed by atoms with Gasteiger partial charge in [0, 0.05) is 17.3 Å². The molecule has 0 spiro atoms. The summed E-state index contributed by atoms with van der Waals surface area (Å²) in [6.45, 7) is 10.3. The van der Waals surface area contributed by atoms with Crippen molar-refractivity contribution in [3.63, 3.8) is 0 Å². The highest BCUT2D eigenvalue weighted by molar-refractivity contribution is 5.87. The molecule has 0 aromatic heterocycles. The highest BCUT2D eigenvalue weighted by Gasteiger charge is 2.09. The average molecular weight is 199 g/mol. The highest BCUT2D eigenvalue weighted by atomic mass is 16.5. The van der Waals surface area contributed by atoms with E-state index in [0.717, 1.165) is 6.42 Å². The molecular formula is C11H21NO2. The molecule has 0 aliphatic rings. The van der Waals surface area contributed by atoms with Gasteiger partial charge in [0.25, 0.3) is 0 Å². The second-order valence-corrected chi connectivity index (χ2v) is 4.36. The first-order valence-electron chi connectivity index (χ1n) is 4.98. The van der Waals surface area contributed by atoms with Crippen molar-refractivity contribution in [1.82, 2.24) is 5.32 Å². The SMILES string of the molecule is CCCOC(=O)C(C)=CNC(C)(C)C. The van der Waals surface area contributed by atoms with E-state index in [0.29, 0.717) is 12.2 Å². The lowest BCUT2D eigenvalue weighted by atomic mass is 10.1. The molecule has 0 aliphatic heterocycles. The Balaban J connectivity index is 4.04. The van der Waals surface area contributed by atoms with Gasteiger partial charge in [-0.2, -0.15) is 0 Å². The molecule has 0 saturated heterocycles. The molecule has 3 heteroatoms. The summed E-state index contributed by atoms with van der Waals surface area (Å²) >= 11 is 0. The van der Waals surface area contributed by atoms with Crippen molar-refractivity contribution in [2.24, 2.45) is 0 Å². The zero-order valence-corrected chi connectivity index (χ0v) is 9.81. The summed E-state index contributed by atoms with van der Waals surface area (Å²) in [6.07, 6.45) is 2.56. The molecule has 0 aliphatic carbocycles. The Morgan fingerprint density at radius 1 is 1.43 bits per heavy atom. The number of rotatable bonds is 4. The second-order valence-electron chi connectivity index (χ2n) is 4.36. The summed E-state index contributed by atoms with van der Waals surface area (Å²) in [4.78, 5) is 11.3. The van der Waals surface area contributed by atoms with Crippen LogP contribution in [-0.4, -0.2) is 18.1 Å². The molecule has 0 aromatic carbocycles. The number of hydrogen-bond acceptors (Lipinski definition) is 3. The van der Waals surface area contributed by atoms with Gasteiger partial charge in [0.15, 0.2) is 0 Å². The quantitative estimate of drug-likeness (QED) is 0.557. The van der Waals surface area contributed by atoms with Gasteiger partial charge in [0.05, 0.1) is 6.61 Å². The van der Waals surface area contributed by atoms with E-state index in [9.17, 15) is 4.79 Å². The van der Waals surface area contributed by atoms with Crippen molar-refractivity contribution in [2.45, 2.75) is 46.6 Å². The smallest absolute Gasteiger partial charge is 0.335 e. The van der Waals surface area contributed by atoms with Crippen LogP contribution in [-0.2, 0) is 9.53 Å². The number of ether oxygens (including phenoxy) is 1. The van der Waals surface area contributed by atoms with Crippen LogP contribution in [0.5, 0.6) is 0 Å². The fourth-order valence-electron chi connectivity index (χ4n) is 0.692. The van der Waals surface area contributed by atoms with Crippen LogP contribution in [0.15, 0.2) is 11.8 Å². The molecule has 0 bridgehead atoms. The molecule has 0 aromatic rings. The number of carbonyl (C=O) groups excluding carboxylic acids is 1. The normalized spacial score (nSPS) is 12.5. The number of nitrogens with one attached hydrogen (secondary N) is 1. The molecular weight excluding hydrogens is 178 g/mol. The van der Waals surface area contributed by atoms with Gasteiger partial charge in [-0.15, -0.1) is 0 Å². The van der Waals surface area contributed by atoms with Gasteiger partial charge in [-0.25, -0.2) is 4.79 Å². The number of carbonyl (C=O) groups is 1. The minimum atomic E-state index is -0.247. The zero-order valence-electron chi connectivity index (χ0n) is 9.81. The van der Waals surface area contributed by atoms with Gasteiger partial charge >= 0.3 is 5.97 Å². The van der Waals surface area contributed by atoms with Gasteiger partial charge in [-0.3, -0.25) is 0 Å². The first kappa shape index (κ1) is 13.0. The molecule has 0 atom stereocenters. The summed E-state index contributed by atoms with van der Waals surface area (Å²) in [5.74, 6) is -0.247. The third-order valence-corrected chi connectivity index (χ3v) is 1.48. The third kappa shape index (κ3) is 6.52. The van der Waals surface area contributed by atoms with Crippen molar-refractivity contribution >= 4 is 5.97 Å². The Labute approximate surface area is 86.5 Å². The van der Waals surface area contributed by atoms with E-state index >= 15 is 0 Å². The van der Waals surface area contributed by atoms with Crippen LogP contribution in [0.1, 0.15) is 41.0 Å². The molecule has 0 unspecified atom stereocenters. The van der Waals surface area contributed by atoms with E-state index < -0.39 is 0 Å². The monoisotopic (exact) mass is 199 g/mol. The summed E-state index contributed by atoms with van der Waals surface area (Å²) in [5, 5.41) is 3.12. The number of esters is 1. The third-order valence-electron chi connectivity index (χ3n) is 1.48. The van der Waals surface area contributed by atoms with Gasteiger partial charge in [0.1, 0.15) is 0 Å². The molecule has 0 radical (unpaired) electrons. The van der Waals surface area contributed by atoms with Crippen molar-refractivity contribution in [3.8, 4) is 0 Å². The average Bonchev–Trinajstić information content (AvgIpc) is 2.09. The lowest BCUT2D eigenvalue weighted by Crippen LogP contribution is -2.31. The van der Waals surface area contributed by atoms with Crippen molar-refractivity contribution < 1.29 is 9.53 Å². The Morgan fingerprint density at radius 3 is 2.43 bits per heavy atom. The Bertz CT molecular complexity index is 214. The number of hydrogen-bond donors (Lipinski definition) is 1. The van der Waals surface area contributed by atoms with Crippen LogP contribution in [0, 0.1) is 0 Å². The maximum Gasteiger partial charge on any atom is 0.335 e. The van der Waals surface area contributed by atoms with Crippen LogP contribution in [0.25, 0.3) is 0 Å². The molecule has 0 fully saturated rings. The lowest BCUT2D eigenvalue weighted by Gasteiger charge is -2.19. The summed E-state index contributed by atoms with van der Waals surface area (Å²) < 4.78 is 4.97. The summed E-state index contributed by atoms with van der Waals surface area (Å²) in [6, 6.07) is 0. The van der Waals surface area contributed by atoms with Crippen LogP contribution >= 0.6 is 0 Å². The van der Waals surface area contributed by atoms with Crippen molar-refractivity contribution in [1.29, 1.82) is 0 Å². The van der Waals surface area contributed by atoms with Crippen LogP contribution in [0.4, 0.5) is 0 Å².